The van der Waals surface area contributed by atoms with E-state index in [1.807, 2.05) is 0 Å². The zero-order valence-electron chi connectivity index (χ0n) is 10.4. The van der Waals surface area contributed by atoms with Gasteiger partial charge in [0.15, 0.2) is 0 Å². The van der Waals surface area contributed by atoms with Crippen molar-refractivity contribution >= 4 is 17.5 Å². The number of hydrogen-bond acceptors (Lipinski definition) is 2. The van der Waals surface area contributed by atoms with E-state index >= 15 is 0 Å². The summed E-state index contributed by atoms with van der Waals surface area (Å²) in [5.41, 5.74) is 5.58. The van der Waals surface area contributed by atoms with Crippen LogP contribution < -0.4 is 10.5 Å². The first kappa shape index (κ1) is 15.2. The summed E-state index contributed by atoms with van der Waals surface area (Å²) < 4.78 is 41.0. The fourth-order valence-corrected chi connectivity index (χ4v) is 2.04. The quantitative estimate of drug-likeness (QED) is 0.930. The van der Waals surface area contributed by atoms with E-state index in [-0.39, 0.29) is 5.56 Å². The van der Waals surface area contributed by atoms with Crippen molar-refractivity contribution < 1.29 is 22.7 Å². The molecule has 0 aromatic heterocycles. The Morgan fingerprint density at radius 1 is 1.14 bits per heavy atom. The molecule has 0 saturated heterocycles. The summed E-state index contributed by atoms with van der Waals surface area (Å²) in [7, 11) is 0. The number of benzene rings is 2. The summed E-state index contributed by atoms with van der Waals surface area (Å²) in [6, 6.07) is 10.3. The van der Waals surface area contributed by atoms with E-state index < -0.39 is 18.0 Å². The highest BCUT2D eigenvalue weighted by Crippen LogP contribution is 2.34. The van der Waals surface area contributed by atoms with Gasteiger partial charge in [-0.05, 0) is 23.8 Å². The standard InChI is InChI=1S/C14H9ClF3NO2/c15-11-4-2-1-3-9(11)8-5-6-10(13(19)20)12(7-8)21-14(16,17)18/h1-7H,(H2,19,20). The SMILES string of the molecule is NC(=O)c1ccc(-c2ccccc2Cl)cc1OC(F)(F)F. The highest BCUT2D eigenvalue weighted by atomic mass is 35.5. The molecule has 0 aliphatic rings. The Morgan fingerprint density at radius 3 is 2.38 bits per heavy atom. The van der Waals surface area contributed by atoms with Crippen LogP contribution in [-0.4, -0.2) is 12.3 Å². The number of rotatable bonds is 3. The molecule has 2 aromatic carbocycles. The Labute approximate surface area is 123 Å². The largest absolute Gasteiger partial charge is 0.573 e. The van der Waals surface area contributed by atoms with Gasteiger partial charge in [0, 0.05) is 10.6 Å². The lowest BCUT2D eigenvalue weighted by Gasteiger charge is -2.13. The molecular formula is C14H9ClF3NO2. The molecule has 2 N–H and O–H groups in total. The minimum Gasteiger partial charge on any atom is -0.405 e. The maximum absolute atomic E-state index is 12.4. The zero-order chi connectivity index (χ0) is 15.6. The number of primary amides is 1. The summed E-state index contributed by atoms with van der Waals surface area (Å²) in [6.07, 6.45) is -4.93. The van der Waals surface area contributed by atoms with Gasteiger partial charge in [-0.2, -0.15) is 0 Å². The van der Waals surface area contributed by atoms with Crippen molar-refractivity contribution in [3.63, 3.8) is 0 Å². The molecule has 0 radical (unpaired) electrons. The van der Waals surface area contributed by atoms with Crippen molar-refractivity contribution in [2.24, 2.45) is 5.73 Å². The first-order chi connectivity index (χ1) is 9.78. The van der Waals surface area contributed by atoms with E-state index in [0.29, 0.717) is 16.1 Å². The number of halogens is 4. The molecule has 3 nitrogen and oxygen atoms in total. The van der Waals surface area contributed by atoms with Gasteiger partial charge in [0.2, 0.25) is 0 Å². The maximum Gasteiger partial charge on any atom is 0.573 e. The van der Waals surface area contributed by atoms with Crippen LogP contribution >= 0.6 is 11.6 Å². The van der Waals surface area contributed by atoms with E-state index in [9.17, 15) is 18.0 Å². The topological polar surface area (TPSA) is 52.3 Å². The van der Waals surface area contributed by atoms with Crippen LogP contribution in [0.2, 0.25) is 5.02 Å². The first-order valence-electron chi connectivity index (χ1n) is 5.72. The van der Waals surface area contributed by atoms with Crippen molar-refractivity contribution in [3.8, 4) is 16.9 Å². The lowest BCUT2D eigenvalue weighted by atomic mass is 10.0. The average molecular weight is 316 g/mol. The fraction of sp³-hybridized carbons (Fsp3) is 0.0714. The minimum atomic E-state index is -4.93. The molecular weight excluding hydrogens is 307 g/mol. The van der Waals surface area contributed by atoms with Crippen molar-refractivity contribution in [1.82, 2.24) is 0 Å². The van der Waals surface area contributed by atoms with Crippen molar-refractivity contribution in [2.75, 3.05) is 0 Å². The Morgan fingerprint density at radius 2 is 1.81 bits per heavy atom. The van der Waals surface area contributed by atoms with Crippen molar-refractivity contribution in [2.45, 2.75) is 6.36 Å². The predicted molar refractivity (Wildman–Crippen MR) is 72.1 cm³/mol. The lowest BCUT2D eigenvalue weighted by molar-refractivity contribution is -0.274. The molecule has 0 saturated carbocycles. The molecule has 0 aliphatic carbocycles. The van der Waals surface area contributed by atoms with Gasteiger partial charge in [0.1, 0.15) is 5.75 Å². The fourth-order valence-electron chi connectivity index (χ4n) is 1.80. The number of alkyl halides is 3. The van der Waals surface area contributed by atoms with Crippen LogP contribution in [0.3, 0.4) is 0 Å². The molecule has 7 heteroatoms. The van der Waals surface area contributed by atoms with Gasteiger partial charge in [-0.15, -0.1) is 13.2 Å². The van der Waals surface area contributed by atoms with Crippen LogP contribution in [0, 0.1) is 0 Å². The zero-order valence-corrected chi connectivity index (χ0v) is 11.2. The molecule has 0 bridgehead atoms. The number of ether oxygens (including phenoxy) is 1. The van der Waals surface area contributed by atoms with Gasteiger partial charge < -0.3 is 10.5 Å². The summed E-state index contributed by atoms with van der Waals surface area (Å²) in [5.74, 6) is -1.67. The second-order valence-corrected chi connectivity index (χ2v) is 4.51. The summed E-state index contributed by atoms with van der Waals surface area (Å²) in [6.45, 7) is 0. The number of hydrogen-bond donors (Lipinski definition) is 1. The molecule has 0 atom stereocenters. The Hall–Kier alpha value is -2.21. The second kappa shape index (κ2) is 5.65. The van der Waals surface area contributed by atoms with E-state index in [2.05, 4.69) is 4.74 Å². The molecule has 0 unspecified atom stereocenters. The molecule has 1 amide bonds. The van der Waals surface area contributed by atoms with Gasteiger partial charge in [-0.3, -0.25) is 4.79 Å². The van der Waals surface area contributed by atoms with Gasteiger partial charge in [-0.1, -0.05) is 35.9 Å². The monoisotopic (exact) mass is 315 g/mol. The smallest absolute Gasteiger partial charge is 0.405 e. The highest BCUT2D eigenvalue weighted by Gasteiger charge is 2.33. The molecule has 0 aliphatic heterocycles. The molecule has 0 heterocycles. The average Bonchev–Trinajstić information content (AvgIpc) is 2.37. The van der Waals surface area contributed by atoms with Crippen LogP contribution in [0.1, 0.15) is 10.4 Å². The van der Waals surface area contributed by atoms with Crippen LogP contribution in [0.5, 0.6) is 5.75 Å². The second-order valence-electron chi connectivity index (χ2n) is 4.10. The van der Waals surface area contributed by atoms with E-state index in [1.54, 1.807) is 24.3 Å². The molecule has 0 spiro atoms. The number of carbonyl (C=O) groups excluding carboxylic acids is 1. The summed E-state index contributed by atoms with van der Waals surface area (Å²) >= 11 is 5.99. The van der Waals surface area contributed by atoms with Gasteiger partial charge in [0.05, 0.1) is 5.56 Å². The third-order valence-electron chi connectivity index (χ3n) is 2.66. The molecule has 21 heavy (non-hydrogen) atoms. The normalized spacial score (nSPS) is 11.2. The Balaban J connectivity index is 2.54. The molecule has 2 rings (SSSR count). The number of amides is 1. The molecule has 0 fully saturated rings. The summed E-state index contributed by atoms with van der Waals surface area (Å²) in [4.78, 5) is 11.2. The van der Waals surface area contributed by atoms with Crippen LogP contribution in [0.25, 0.3) is 11.1 Å². The Kier molecular flexibility index (Phi) is 4.09. The van der Waals surface area contributed by atoms with Crippen LogP contribution in [0.4, 0.5) is 13.2 Å². The van der Waals surface area contributed by atoms with Crippen molar-refractivity contribution in [1.29, 1.82) is 0 Å². The van der Waals surface area contributed by atoms with Gasteiger partial charge in [-0.25, -0.2) is 0 Å². The highest BCUT2D eigenvalue weighted by molar-refractivity contribution is 6.33. The Bertz CT molecular complexity index is 686. The lowest BCUT2D eigenvalue weighted by Crippen LogP contribution is -2.21. The third kappa shape index (κ3) is 3.66. The number of carbonyl (C=O) groups is 1. The number of nitrogens with two attached hydrogens (primary N) is 1. The molecule has 2 aromatic rings. The first-order valence-corrected chi connectivity index (χ1v) is 6.10. The van der Waals surface area contributed by atoms with Gasteiger partial charge >= 0.3 is 6.36 Å². The van der Waals surface area contributed by atoms with Crippen LogP contribution in [0.15, 0.2) is 42.5 Å². The maximum atomic E-state index is 12.4. The van der Waals surface area contributed by atoms with E-state index in [0.717, 1.165) is 6.07 Å². The van der Waals surface area contributed by atoms with Gasteiger partial charge in [0.25, 0.3) is 5.91 Å². The van der Waals surface area contributed by atoms with Crippen LogP contribution in [-0.2, 0) is 0 Å². The van der Waals surface area contributed by atoms with E-state index in [4.69, 9.17) is 17.3 Å². The predicted octanol–water partition coefficient (Wildman–Crippen LogP) is 4.00. The minimum absolute atomic E-state index is 0.358. The summed E-state index contributed by atoms with van der Waals surface area (Å²) in [5, 5.41) is 0.363. The molecule has 110 valence electrons. The van der Waals surface area contributed by atoms with E-state index in [1.165, 1.54) is 12.1 Å². The van der Waals surface area contributed by atoms with Crippen molar-refractivity contribution in [3.05, 3.63) is 53.1 Å². The third-order valence-corrected chi connectivity index (χ3v) is 2.99.